The van der Waals surface area contributed by atoms with Gasteiger partial charge in [-0.3, -0.25) is 4.79 Å². The Balaban J connectivity index is 1.92. The molecule has 0 aliphatic carbocycles. The van der Waals surface area contributed by atoms with Crippen LogP contribution in [0, 0.1) is 0 Å². The van der Waals surface area contributed by atoms with Crippen molar-refractivity contribution in [2.45, 2.75) is 11.8 Å². The molecule has 1 heterocycles. The number of benzene rings is 2. The second kappa shape index (κ2) is 5.14. The lowest BCUT2D eigenvalue weighted by molar-refractivity contribution is 0.0793. The normalized spacial score (nSPS) is 19.1. The first kappa shape index (κ1) is 12.9. The van der Waals surface area contributed by atoms with Gasteiger partial charge in [-0.2, -0.15) is 0 Å². The Kier molecular flexibility index (Phi) is 3.50. The molecule has 2 aromatic carbocycles. The molecular formula is C15H13BrClNO. The van der Waals surface area contributed by atoms with Gasteiger partial charge in [-0.15, -0.1) is 11.6 Å². The van der Waals surface area contributed by atoms with Crippen molar-refractivity contribution in [2.24, 2.45) is 0 Å². The zero-order valence-corrected chi connectivity index (χ0v) is 12.6. The lowest BCUT2D eigenvalue weighted by Gasteiger charge is -2.15. The first-order valence-electron chi connectivity index (χ1n) is 6.26. The van der Waals surface area contributed by atoms with Crippen molar-refractivity contribution in [2.75, 3.05) is 13.1 Å². The SMILES string of the molecule is O=C(c1ccc2cc(Br)ccc2c1)N1CCC(Cl)C1. The smallest absolute Gasteiger partial charge is 0.253 e. The molecule has 4 heteroatoms. The van der Waals surface area contributed by atoms with Crippen molar-refractivity contribution in [3.05, 3.63) is 46.4 Å². The average molecular weight is 339 g/mol. The second-order valence-electron chi connectivity index (χ2n) is 4.84. The zero-order chi connectivity index (χ0) is 13.4. The standard InChI is InChI=1S/C15H13BrClNO/c16-13-4-3-10-7-12(2-1-11(10)8-13)15(19)18-6-5-14(17)9-18/h1-4,7-8,14H,5-6,9H2. The first-order valence-corrected chi connectivity index (χ1v) is 7.49. The molecule has 1 aliphatic rings. The number of hydrogen-bond donors (Lipinski definition) is 0. The van der Waals surface area contributed by atoms with Gasteiger partial charge in [-0.25, -0.2) is 0 Å². The van der Waals surface area contributed by atoms with Gasteiger partial charge in [-0.05, 0) is 41.5 Å². The Labute approximate surface area is 125 Å². The van der Waals surface area contributed by atoms with Crippen LogP contribution in [0.15, 0.2) is 40.9 Å². The third-order valence-electron chi connectivity index (χ3n) is 3.47. The summed E-state index contributed by atoms with van der Waals surface area (Å²) in [5.41, 5.74) is 0.737. The molecule has 19 heavy (non-hydrogen) atoms. The summed E-state index contributed by atoms with van der Waals surface area (Å²) < 4.78 is 1.05. The van der Waals surface area contributed by atoms with Gasteiger partial charge in [0, 0.05) is 23.1 Å². The molecule has 1 atom stereocenters. The third kappa shape index (κ3) is 2.63. The van der Waals surface area contributed by atoms with Crippen molar-refractivity contribution >= 4 is 44.2 Å². The number of rotatable bonds is 1. The Morgan fingerprint density at radius 1 is 1.21 bits per heavy atom. The minimum absolute atomic E-state index is 0.0768. The second-order valence-corrected chi connectivity index (χ2v) is 6.38. The highest BCUT2D eigenvalue weighted by Crippen LogP contribution is 2.23. The zero-order valence-electron chi connectivity index (χ0n) is 10.3. The van der Waals surface area contributed by atoms with Gasteiger partial charge in [0.1, 0.15) is 0 Å². The summed E-state index contributed by atoms with van der Waals surface area (Å²) in [7, 11) is 0. The van der Waals surface area contributed by atoms with Gasteiger partial charge >= 0.3 is 0 Å². The van der Waals surface area contributed by atoms with Crippen LogP contribution in [0.2, 0.25) is 0 Å². The van der Waals surface area contributed by atoms with E-state index in [0.717, 1.165) is 33.8 Å². The van der Waals surface area contributed by atoms with E-state index in [2.05, 4.69) is 15.9 Å². The number of carbonyl (C=O) groups excluding carboxylic acids is 1. The number of likely N-dealkylation sites (tertiary alicyclic amines) is 1. The van der Waals surface area contributed by atoms with Crippen molar-refractivity contribution < 1.29 is 4.79 Å². The molecular weight excluding hydrogens is 326 g/mol. The van der Waals surface area contributed by atoms with Gasteiger partial charge < -0.3 is 4.90 Å². The Bertz CT molecular complexity index is 643. The predicted molar refractivity (Wildman–Crippen MR) is 81.8 cm³/mol. The van der Waals surface area contributed by atoms with E-state index in [4.69, 9.17) is 11.6 Å². The highest BCUT2D eigenvalue weighted by molar-refractivity contribution is 9.10. The van der Waals surface area contributed by atoms with E-state index in [1.165, 1.54) is 0 Å². The van der Waals surface area contributed by atoms with E-state index in [9.17, 15) is 4.79 Å². The molecule has 0 aromatic heterocycles. The van der Waals surface area contributed by atoms with Gasteiger partial charge in [-0.1, -0.05) is 28.1 Å². The highest BCUT2D eigenvalue weighted by Gasteiger charge is 2.25. The molecule has 0 bridgehead atoms. The molecule has 0 spiro atoms. The molecule has 1 unspecified atom stereocenters. The van der Waals surface area contributed by atoms with Crippen LogP contribution in [0.5, 0.6) is 0 Å². The fourth-order valence-electron chi connectivity index (χ4n) is 2.43. The van der Waals surface area contributed by atoms with Crippen LogP contribution < -0.4 is 0 Å². The van der Waals surface area contributed by atoms with Gasteiger partial charge in [0.15, 0.2) is 0 Å². The minimum atomic E-state index is 0.0768. The van der Waals surface area contributed by atoms with E-state index in [1.54, 1.807) is 0 Å². The third-order valence-corrected chi connectivity index (χ3v) is 4.32. The number of amides is 1. The summed E-state index contributed by atoms with van der Waals surface area (Å²) >= 11 is 9.50. The number of alkyl halides is 1. The minimum Gasteiger partial charge on any atom is -0.337 e. The summed E-state index contributed by atoms with van der Waals surface area (Å²) in [6.45, 7) is 1.41. The van der Waals surface area contributed by atoms with Crippen molar-refractivity contribution in [3.8, 4) is 0 Å². The number of nitrogens with zero attached hydrogens (tertiary/aromatic N) is 1. The summed E-state index contributed by atoms with van der Waals surface area (Å²) in [4.78, 5) is 14.2. The maximum atomic E-state index is 12.4. The number of carbonyl (C=O) groups is 1. The molecule has 1 saturated heterocycles. The topological polar surface area (TPSA) is 20.3 Å². The van der Waals surface area contributed by atoms with Gasteiger partial charge in [0.25, 0.3) is 5.91 Å². The maximum Gasteiger partial charge on any atom is 0.253 e. The summed E-state index contributed by atoms with van der Waals surface area (Å²) in [5.74, 6) is 0.0768. The van der Waals surface area contributed by atoms with Crippen LogP contribution in [0.3, 0.4) is 0 Å². The van der Waals surface area contributed by atoms with Gasteiger partial charge in [0.05, 0.1) is 5.38 Å². The quantitative estimate of drug-likeness (QED) is 0.718. The van der Waals surface area contributed by atoms with E-state index < -0.39 is 0 Å². The number of hydrogen-bond acceptors (Lipinski definition) is 1. The van der Waals surface area contributed by atoms with Crippen molar-refractivity contribution in [1.29, 1.82) is 0 Å². The maximum absolute atomic E-state index is 12.4. The molecule has 0 N–H and O–H groups in total. The number of fused-ring (bicyclic) bond motifs is 1. The molecule has 2 nitrogen and oxygen atoms in total. The molecule has 0 saturated carbocycles. The van der Waals surface area contributed by atoms with Crippen molar-refractivity contribution in [3.63, 3.8) is 0 Å². The summed E-state index contributed by atoms with van der Waals surface area (Å²) in [5, 5.41) is 2.30. The molecule has 1 amide bonds. The van der Waals surface area contributed by atoms with Crippen LogP contribution in [0.1, 0.15) is 16.8 Å². The monoisotopic (exact) mass is 337 g/mol. The average Bonchev–Trinajstić information content (AvgIpc) is 2.84. The van der Waals surface area contributed by atoms with Crippen molar-refractivity contribution in [1.82, 2.24) is 4.90 Å². The molecule has 1 fully saturated rings. The van der Waals surface area contributed by atoms with Crippen LogP contribution in [-0.4, -0.2) is 29.3 Å². The lowest BCUT2D eigenvalue weighted by Crippen LogP contribution is -2.28. The molecule has 98 valence electrons. The predicted octanol–water partition coefficient (Wildman–Crippen LogP) is 4.06. The lowest BCUT2D eigenvalue weighted by atomic mass is 10.1. The van der Waals surface area contributed by atoms with E-state index in [1.807, 2.05) is 41.3 Å². The van der Waals surface area contributed by atoms with E-state index >= 15 is 0 Å². The molecule has 3 rings (SSSR count). The molecule has 2 aromatic rings. The fourth-order valence-corrected chi connectivity index (χ4v) is 3.08. The molecule has 1 aliphatic heterocycles. The Morgan fingerprint density at radius 2 is 1.95 bits per heavy atom. The Hall–Kier alpha value is -1.06. The summed E-state index contributed by atoms with van der Waals surface area (Å²) in [6.07, 6.45) is 0.883. The highest BCUT2D eigenvalue weighted by atomic mass is 79.9. The fraction of sp³-hybridized carbons (Fsp3) is 0.267. The van der Waals surface area contributed by atoms with E-state index in [-0.39, 0.29) is 11.3 Å². The molecule has 0 radical (unpaired) electrons. The van der Waals surface area contributed by atoms with Crippen LogP contribution >= 0.6 is 27.5 Å². The van der Waals surface area contributed by atoms with Crippen LogP contribution in [0.25, 0.3) is 10.8 Å². The first-order chi connectivity index (χ1) is 9.13. The Morgan fingerprint density at radius 3 is 2.68 bits per heavy atom. The van der Waals surface area contributed by atoms with E-state index in [0.29, 0.717) is 6.54 Å². The largest absolute Gasteiger partial charge is 0.337 e. The van der Waals surface area contributed by atoms with Crippen LogP contribution in [-0.2, 0) is 0 Å². The summed E-state index contributed by atoms with van der Waals surface area (Å²) in [6, 6.07) is 11.9. The number of halogens is 2. The van der Waals surface area contributed by atoms with Gasteiger partial charge in [0.2, 0.25) is 0 Å². The van der Waals surface area contributed by atoms with Crippen LogP contribution in [0.4, 0.5) is 0 Å².